The minimum atomic E-state index is -3.95. The number of benzene rings is 8. The molecule has 0 bridgehead atoms. The van der Waals surface area contributed by atoms with Crippen molar-refractivity contribution < 1.29 is 31.2 Å². The van der Waals surface area contributed by atoms with Crippen molar-refractivity contribution in [2.24, 2.45) is 0 Å². The predicted octanol–water partition coefficient (Wildman–Crippen LogP) is 15.4. The molecule has 0 aliphatic heterocycles. The smallest absolute Gasteiger partial charge is 0.149 e. The van der Waals surface area contributed by atoms with Gasteiger partial charge in [-0.15, -0.1) is 0 Å². The zero-order valence-corrected chi connectivity index (χ0v) is 33.4. The van der Waals surface area contributed by atoms with Crippen molar-refractivity contribution in [2.45, 2.75) is 32.8 Å². The average Bonchev–Trinajstić information content (AvgIpc) is 3.99. The summed E-state index contributed by atoms with van der Waals surface area (Å²) in [5.74, 6) is 0.177. The van der Waals surface area contributed by atoms with E-state index in [-0.39, 0.29) is 28.4 Å². The van der Waals surface area contributed by atoms with Crippen LogP contribution in [0, 0.1) is 6.85 Å². The Morgan fingerprint density at radius 2 is 1.16 bits per heavy atom. The van der Waals surface area contributed by atoms with Gasteiger partial charge in [0.1, 0.15) is 11.6 Å². The Labute approximate surface area is 396 Å². The van der Waals surface area contributed by atoms with E-state index in [1.807, 2.05) is 114 Å². The van der Waals surface area contributed by atoms with Gasteiger partial charge in [0.2, 0.25) is 0 Å². The van der Waals surface area contributed by atoms with Crippen LogP contribution in [-0.2, 0) is 5.41 Å². The van der Waals surface area contributed by atoms with Crippen molar-refractivity contribution >= 4 is 11.0 Å². The lowest BCUT2D eigenvalue weighted by molar-refractivity contribution is 0.477. The van der Waals surface area contributed by atoms with Crippen molar-refractivity contribution in [1.29, 1.82) is 0 Å². The summed E-state index contributed by atoms with van der Waals surface area (Å²) in [6.07, 6.45) is -0.780. The maximum atomic E-state index is 11.6. The maximum absolute atomic E-state index is 11.6. The van der Waals surface area contributed by atoms with Crippen molar-refractivity contribution in [2.75, 3.05) is 0 Å². The first-order valence-corrected chi connectivity index (χ1v) is 20.0. The second-order valence-electron chi connectivity index (χ2n) is 15.0. The Balaban J connectivity index is 1.26. The number of fused-ring (bicyclic) bond motifs is 1. The molecule has 2 aromatic heterocycles. The van der Waals surface area contributed by atoms with Gasteiger partial charge in [0, 0.05) is 39.3 Å². The normalized spacial score (nSPS) is 16.7. The minimum absolute atomic E-state index is 0.103. The number of nitrogens with zero attached hydrogens (tertiary/aromatic N) is 3. The summed E-state index contributed by atoms with van der Waals surface area (Å²) in [5, 5.41) is 11.6. The average molecular weight is 833 g/mol. The molecule has 0 unspecified atom stereocenters. The van der Waals surface area contributed by atoms with Crippen LogP contribution in [0.5, 0.6) is 5.75 Å². The minimum Gasteiger partial charge on any atom is -0.507 e. The molecular formula is C59H47N3O. The first-order chi connectivity index (χ1) is 38.6. The number of phenols is 1. The molecule has 8 aromatic carbocycles. The molecule has 0 fully saturated rings. The zero-order chi connectivity index (χ0) is 59.2. The van der Waals surface area contributed by atoms with E-state index in [9.17, 15) is 9.22 Å². The summed E-state index contributed by atoms with van der Waals surface area (Å²) < 4.78 is 167. The second kappa shape index (κ2) is 16.2. The van der Waals surface area contributed by atoms with Gasteiger partial charge in [-0.2, -0.15) is 0 Å². The predicted molar refractivity (Wildman–Crippen MR) is 262 cm³/mol. The molecule has 0 saturated heterocycles. The van der Waals surface area contributed by atoms with E-state index in [1.54, 1.807) is 48.5 Å². The van der Waals surface area contributed by atoms with Crippen molar-refractivity contribution in [3.8, 4) is 89.7 Å². The van der Waals surface area contributed by atoms with Gasteiger partial charge in [-0.25, -0.2) is 4.98 Å². The number of hydrogen-bond acceptors (Lipinski definition) is 3. The molecule has 0 atom stereocenters. The van der Waals surface area contributed by atoms with Gasteiger partial charge in [0.15, 0.2) is 0 Å². The zero-order valence-electron chi connectivity index (χ0n) is 52.4. The van der Waals surface area contributed by atoms with Crippen LogP contribution in [0.2, 0.25) is 0 Å². The van der Waals surface area contributed by atoms with Crippen LogP contribution in [0.3, 0.4) is 0 Å². The third-order valence-corrected chi connectivity index (χ3v) is 10.8. The highest BCUT2D eigenvalue weighted by Gasteiger charge is 2.24. The van der Waals surface area contributed by atoms with Crippen LogP contribution in [0.15, 0.2) is 206 Å². The number of imidazole rings is 1. The van der Waals surface area contributed by atoms with Gasteiger partial charge in [-0.05, 0) is 129 Å². The molecule has 4 nitrogen and oxygen atoms in total. The van der Waals surface area contributed by atoms with Crippen LogP contribution >= 0.6 is 0 Å². The van der Waals surface area contributed by atoms with Crippen molar-refractivity contribution in [3.05, 3.63) is 217 Å². The lowest BCUT2D eigenvalue weighted by Gasteiger charge is -2.19. The standard InChI is InChI=1S/C59H47N3O/c1-39-33-52(43-21-12-7-13-22-43)55(38-51(39)42-19-10-6-11-20-42)62-54-25-16-24-49(57(54)61-58(62)50-23-14-15-26-56(50)63)46-34-45(40-17-8-5-9-18-40)35-47(36-46)53-37-44(31-32-60-53)41-27-29-48(30-28-41)59(2,3)4/h5-38,63H,1-4H3/i1D3,2D3,3D3,4D3,27D,28D,29D,30D,31D,32D,37D. The van der Waals surface area contributed by atoms with Crippen molar-refractivity contribution in [3.63, 3.8) is 0 Å². The molecule has 0 aliphatic carbocycles. The van der Waals surface area contributed by atoms with E-state index in [0.29, 0.717) is 66.8 Å². The highest BCUT2D eigenvalue weighted by atomic mass is 16.3. The molecule has 0 radical (unpaired) electrons. The molecule has 0 saturated carbocycles. The number of pyridine rings is 1. The quantitative estimate of drug-likeness (QED) is 0.166. The van der Waals surface area contributed by atoms with Gasteiger partial charge >= 0.3 is 0 Å². The monoisotopic (exact) mass is 832 g/mol. The molecule has 63 heavy (non-hydrogen) atoms. The molecule has 10 rings (SSSR count). The van der Waals surface area contributed by atoms with Crippen LogP contribution in [0.25, 0.3) is 95.0 Å². The summed E-state index contributed by atoms with van der Waals surface area (Å²) in [6.45, 7) is -14.4. The van der Waals surface area contributed by atoms with E-state index < -0.39 is 91.9 Å². The number of hydrogen-bond donors (Lipinski definition) is 1. The number of aromatic hydroxyl groups is 1. The largest absolute Gasteiger partial charge is 0.507 e. The lowest BCUT2D eigenvalue weighted by Crippen LogP contribution is -2.10. The SMILES string of the molecule is [2H]c1nc(-c2cc(-c3ccccc3)cc(-c3cccc4c3nc(-c3ccccc3O)n4-c3cc(-c4ccccc4)c(C([2H])([2H])[2H])cc3-c3ccccc3)c2)c([2H])c(-c2c([2H])c([2H])c(C(C([2H])([2H])[2H])(C([2H])([2H])[2H])C([2H])([2H])[2H])c([2H])c2[2H])c1[2H]. The Hall–Kier alpha value is -7.82. The summed E-state index contributed by atoms with van der Waals surface area (Å²) in [7, 11) is 0. The number of para-hydroxylation sites is 2. The van der Waals surface area contributed by atoms with Gasteiger partial charge < -0.3 is 5.11 Å². The fourth-order valence-corrected chi connectivity index (χ4v) is 7.82. The third kappa shape index (κ3) is 7.62. The van der Waals surface area contributed by atoms with Gasteiger partial charge in [-0.3, -0.25) is 9.55 Å². The van der Waals surface area contributed by atoms with Crippen LogP contribution in [-0.4, -0.2) is 19.6 Å². The second-order valence-corrected chi connectivity index (χ2v) is 15.0. The van der Waals surface area contributed by atoms with E-state index in [4.69, 9.17) is 26.9 Å². The summed E-state index contributed by atoms with van der Waals surface area (Å²) >= 11 is 0. The number of aryl methyl sites for hydroxylation is 1. The Morgan fingerprint density at radius 3 is 1.86 bits per heavy atom. The Morgan fingerprint density at radius 1 is 0.524 bits per heavy atom. The Kier molecular flexibility index (Phi) is 6.03. The maximum Gasteiger partial charge on any atom is 0.149 e. The van der Waals surface area contributed by atoms with Crippen molar-refractivity contribution in [1.82, 2.24) is 14.5 Å². The first-order valence-electron chi connectivity index (χ1n) is 29.5. The molecular weight excluding hydrogens is 767 g/mol. The Bertz CT molecular complexity index is 4070. The summed E-state index contributed by atoms with van der Waals surface area (Å²) in [4.78, 5) is 9.70. The summed E-state index contributed by atoms with van der Waals surface area (Å²) in [6, 6.07) is 41.8. The molecule has 4 heteroatoms. The van der Waals surface area contributed by atoms with E-state index in [1.165, 1.54) is 6.07 Å². The summed E-state index contributed by atoms with van der Waals surface area (Å²) in [5.41, 5.74) is -0.565. The third-order valence-electron chi connectivity index (χ3n) is 10.8. The number of phenolic OH excluding ortho intramolecular Hbond substituents is 1. The fourth-order valence-electron chi connectivity index (χ4n) is 7.82. The van der Waals surface area contributed by atoms with E-state index >= 15 is 0 Å². The molecule has 1 N–H and O–H groups in total. The van der Waals surface area contributed by atoms with Crippen LogP contribution in [0.1, 0.15) is 57.7 Å². The van der Waals surface area contributed by atoms with E-state index in [0.717, 1.165) is 0 Å². The highest BCUT2D eigenvalue weighted by Crippen LogP contribution is 2.43. The van der Waals surface area contributed by atoms with E-state index in [2.05, 4.69) is 4.98 Å². The first kappa shape index (κ1) is 23.4. The fraction of sp³-hybridized carbons (Fsp3) is 0.0847. The number of aromatic nitrogens is 3. The van der Waals surface area contributed by atoms with Crippen LogP contribution in [0.4, 0.5) is 0 Å². The molecule has 0 aliphatic rings. The molecule has 0 amide bonds. The van der Waals surface area contributed by atoms with Gasteiger partial charge in [0.25, 0.3) is 0 Å². The molecule has 0 spiro atoms. The van der Waals surface area contributed by atoms with Gasteiger partial charge in [-0.1, -0.05) is 160 Å². The lowest BCUT2D eigenvalue weighted by atomic mass is 9.86. The highest BCUT2D eigenvalue weighted by molar-refractivity contribution is 5.99. The topological polar surface area (TPSA) is 50.9 Å². The van der Waals surface area contributed by atoms with Crippen LogP contribution < -0.4 is 0 Å². The van der Waals surface area contributed by atoms with Gasteiger partial charge in [0.05, 0.1) is 37.6 Å². The molecule has 2 heterocycles. The molecule has 10 aromatic rings. The number of rotatable bonds is 8. The molecule has 304 valence electrons.